The maximum atomic E-state index is 14.5. The molecule has 0 spiro atoms. The van der Waals surface area contributed by atoms with E-state index in [-0.39, 0.29) is 5.02 Å². The van der Waals surface area contributed by atoms with E-state index >= 15 is 0 Å². The highest BCUT2D eigenvalue weighted by Crippen LogP contribution is 2.44. The van der Waals surface area contributed by atoms with Crippen LogP contribution in [-0.2, 0) is 4.57 Å². The molecule has 0 amide bonds. The van der Waals surface area contributed by atoms with E-state index in [4.69, 9.17) is 11.6 Å². The van der Waals surface area contributed by atoms with Gasteiger partial charge >= 0.3 is 0 Å². The molecule has 0 saturated heterocycles. The van der Waals surface area contributed by atoms with Gasteiger partial charge in [-0.15, -0.1) is 0 Å². The molecule has 3 aromatic carbocycles. The Balaban J connectivity index is 2.38. The largest absolute Gasteiger partial charge is 0.308 e. The first kappa shape index (κ1) is 15.9. The van der Waals surface area contributed by atoms with E-state index in [2.05, 4.69) is 0 Å². The minimum Gasteiger partial charge on any atom is -0.308 e. The zero-order valence-electron chi connectivity index (χ0n) is 11.9. The van der Waals surface area contributed by atoms with Crippen LogP contribution in [0.15, 0.2) is 72.8 Å². The van der Waals surface area contributed by atoms with Crippen LogP contribution in [0.2, 0.25) is 5.02 Å². The number of rotatable bonds is 3. The number of benzene rings is 3. The van der Waals surface area contributed by atoms with Crippen molar-refractivity contribution in [2.45, 2.75) is 0 Å². The van der Waals surface area contributed by atoms with Crippen LogP contribution < -0.4 is 15.9 Å². The maximum Gasteiger partial charge on any atom is 0.176 e. The van der Waals surface area contributed by atoms with E-state index in [1.165, 1.54) is 0 Å². The van der Waals surface area contributed by atoms with Crippen LogP contribution in [0.4, 0.5) is 8.78 Å². The molecule has 3 rings (SSSR count). The Morgan fingerprint density at radius 2 is 1.13 bits per heavy atom. The van der Waals surface area contributed by atoms with Gasteiger partial charge in [0.05, 0.1) is 5.30 Å². The molecule has 1 nitrogen and oxygen atoms in total. The van der Waals surface area contributed by atoms with Gasteiger partial charge in [-0.05, 0) is 12.1 Å². The molecule has 0 saturated carbocycles. The highest BCUT2D eigenvalue weighted by atomic mass is 35.5. The molecular formula is C18H12ClF2OP. The standard InChI is InChI=1S/C18H12ClF2OP/c19-13-11-16(20)18(17(21)12-13)23(22,14-7-3-1-4-8-14)15-9-5-2-6-10-15/h1-12H. The summed E-state index contributed by atoms with van der Waals surface area (Å²) in [7, 11) is -3.68. The van der Waals surface area contributed by atoms with Gasteiger partial charge in [-0.2, -0.15) is 0 Å². The Hall–Kier alpha value is -1.96. The highest BCUT2D eigenvalue weighted by Gasteiger charge is 2.35. The molecule has 0 N–H and O–H groups in total. The SMILES string of the molecule is O=P(c1ccccc1)(c1ccccc1)c1c(F)cc(Cl)cc1F. The van der Waals surface area contributed by atoms with Crippen LogP contribution in [0.25, 0.3) is 0 Å². The predicted molar refractivity (Wildman–Crippen MR) is 90.8 cm³/mol. The molecular weight excluding hydrogens is 337 g/mol. The normalized spacial score (nSPS) is 11.4. The summed E-state index contributed by atoms with van der Waals surface area (Å²) in [5.74, 6) is -1.82. The topological polar surface area (TPSA) is 17.1 Å². The summed E-state index contributed by atoms with van der Waals surface area (Å²) in [6, 6.07) is 18.7. The Morgan fingerprint density at radius 1 is 0.739 bits per heavy atom. The molecule has 0 atom stereocenters. The summed E-state index contributed by atoms with van der Waals surface area (Å²) < 4.78 is 42.8. The lowest BCUT2D eigenvalue weighted by Crippen LogP contribution is -2.29. The Bertz CT molecular complexity index is 816. The first-order chi connectivity index (χ1) is 11.0. The van der Waals surface area contributed by atoms with Gasteiger partial charge in [-0.25, -0.2) is 8.78 Å². The van der Waals surface area contributed by atoms with Crippen molar-refractivity contribution >= 4 is 34.7 Å². The third-order valence-electron chi connectivity index (χ3n) is 3.54. The summed E-state index contributed by atoms with van der Waals surface area (Å²) >= 11 is 5.69. The van der Waals surface area contributed by atoms with Gasteiger partial charge in [-0.1, -0.05) is 72.3 Å². The van der Waals surface area contributed by atoms with Gasteiger partial charge < -0.3 is 4.57 Å². The van der Waals surface area contributed by atoms with E-state index in [0.29, 0.717) is 10.6 Å². The van der Waals surface area contributed by atoms with Crippen LogP contribution in [0.5, 0.6) is 0 Å². The average molecular weight is 349 g/mol. The minimum atomic E-state index is -3.68. The summed E-state index contributed by atoms with van der Waals surface area (Å²) in [6.07, 6.45) is 0. The van der Waals surface area contributed by atoms with E-state index in [1.807, 2.05) is 0 Å². The second-order valence-electron chi connectivity index (χ2n) is 5.00. The summed E-state index contributed by atoms with van der Waals surface area (Å²) in [4.78, 5) is 0. The Kier molecular flexibility index (Phi) is 4.34. The number of halogens is 3. The van der Waals surface area contributed by atoms with Crippen molar-refractivity contribution in [2.24, 2.45) is 0 Å². The molecule has 0 aliphatic carbocycles. The monoisotopic (exact) mass is 348 g/mol. The Morgan fingerprint density at radius 3 is 1.52 bits per heavy atom. The van der Waals surface area contributed by atoms with Crippen molar-refractivity contribution in [3.63, 3.8) is 0 Å². The van der Waals surface area contributed by atoms with Gasteiger partial charge in [0, 0.05) is 15.6 Å². The molecule has 0 aliphatic heterocycles. The maximum absolute atomic E-state index is 14.5. The van der Waals surface area contributed by atoms with Crippen molar-refractivity contribution in [2.75, 3.05) is 0 Å². The molecule has 3 aromatic rings. The summed E-state index contributed by atoms with van der Waals surface area (Å²) in [5.41, 5.74) is 0. The fraction of sp³-hybridized carbons (Fsp3) is 0. The molecule has 0 unspecified atom stereocenters. The van der Waals surface area contributed by atoms with Gasteiger partial charge in [0.1, 0.15) is 11.6 Å². The zero-order chi connectivity index (χ0) is 16.4. The van der Waals surface area contributed by atoms with E-state index in [0.717, 1.165) is 12.1 Å². The lowest BCUT2D eigenvalue weighted by Gasteiger charge is -2.21. The van der Waals surface area contributed by atoms with Crippen molar-refractivity contribution in [3.8, 4) is 0 Å². The van der Waals surface area contributed by atoms with Crippen LogP contribution >= 0.6 is 18.7 Å². The summed E-state index contributed by atoms with van der Waals surface area (Å²) in [5, 5.41) is 0.216. The van der Waals surface area contributed by atoms with Crippen LogP contribution in [0.1, 0.15) is 0 Å². The predicted octanol–water partition coefficient (Wildman–Crippen LogP) is 4.26. The fourth-order valence-corrected chi connectivity index (χ4v) is 5.44. The van der Waals surface area contributed by atoms with Crippen LogP contribution in [0.3, 0.4) is 0 Å². The van der Waals surface area contributed by atoms with Crippen molar-refractivity contribution in [3.05, 3.63) is 89.5 Å². The van der Waals surface area contributed by atoms with Crippen LogP contribution in [0, 0.1) is 11.6 Å². The molecule has 0 aliphatic rings. The third kappa shape index (κ3) is 2.83. The third-order valence-corrected chi connectivity index (χ3v) is 6.86. The lowest BCUT2D eigenvalue weighted by molar-refractivity contribution is 0.577. The van der Waals surface area contributed by atoms with Gasteiger partial charge in [0.25, 0.3) is 0 Å². The second-order valence-corrected chi connectivity index (χ2v) is 8.13. The lowest BCUT2D eigenvalue weighted by atomic mass is 10.3. The second kappa shape index (κ2) is 6.27. The zero-order valence-corrected chi connectivity index (χ0v) is 13.6. The van der Waals surface area contributed by atoms with E-state index < -0.39 is 24.1 Å². The molecule has 23 heavy (non-hydrogen) atoms. The molecule has 0 fully saturated rings. The quantitative estimate of drug-likeness (QED) is 0.646. The highest BCUT2D eigenvalue weighted by molar-refractivity contribution is 7.85. The van der Waals surface area contributed by atoms with Gasteiger partial charge in [0.2, 0.25) is 0 Å². The molecule has 116 valence electrons. The van der Waals surface area contributed by atoms with Gasteiger partial charge in [0.15, 0.2) is 7.14 Å². The minimum absolute atomic E-state index is 0.0728. The molecule has 0 heterocycles. The number of hydrogen-bond acceptors (Lipinski definition) is 1. The van der Waals surface area contributed by atoms with Gasteiger partial charge in [-0.3, -0.25) is 0 Å². The van der Waals surface area contributed by atoms with Crippen molar-refractivity contribution < 1.29 is 13.3 Å². The van der Waals surface area contributed by atoms with Crippen LogP contribution in [-0.4, -0.2) is 0 Å². The van der Waals surface area contributed by atoms with Crippen molar-refractivity contribution in [1.29, 1.82) is 0 Å². The molecule has 0 aromatic heterocycles. The molecule has 5 heteroatoms. The summed E-state index contributed by atoms with van der Waals surface area (Å²) in [6.45, 7) is 0. The number of hydrogen-bond donors (Lipinski definition) is 0. The fourth-order valence-electron chi connectivity index (χ4n) is 2.52. The first-order valence-electron chi connectivity index (χ1n) is 6.90. The van der Waals surface area contributed by atoms with E-state index in [1.54, 1.807) is 60.7 Å². The molecule has 0 bridgehead atoms. The van der Waals surface area contributed by atoms with E-state index in [9.17, 15) is 13.3 Å². The smallest absolute Gasteiger partial charge is 0.176 e. The first-order valence-corrected chi connectivity index (χ1v) is 8.98. The Labute approximate surface area is 137 Å². The average Bonchev–Trinajstić information content (AvgIpc) is 2.55. The van der Waals surface area contributed by atoms with Crippen molar-refractivity contribution in [1.82, 2.24) is 0 Å². The molecule has 0 radical (unpaired) electrons.